The lowest BCUT2D eigenvalue weighted by Gasteiger charge is -2.14. The Morgan fingerprint density at radius 2 is 1.82 bits per heavy atom. The van der Waals surface area contributed by atoms with Gasteiger partial charge >= 0.3 is 5.97 Å². The molecule has 0 spiro atoms. The van der Waals surface area contributed by atoms with E-state index in [2.05, 4.69) is 20.9 Å². The van der Waals surface area contributed by atoms with Gasteiger partial charge in [-0.1, -0.05) is 0 Å². The zero-order chi connectivity index (χ0) is 24.1. The van der Waals surface area contributed by atoms with E-state index in [1.807, 2.05) is 4.72 Å². The van der Waals surface area contributed by atoms with Crippen LogP contribution in [-0.2, 0) is 21.4 Å². The van der Waals surface area contributed by atoms with Gasteiger partial charge in [0.1, 0.15) is 34.6 Å². The molecule has 0 amide bonds. The number of ether oxygens (including phenoxy) is 1. The number of esters is 1. The Bertz CT molecular complexity index is 1420. The van der Waals surface area contributed by atoms with Crippen LogP contribution >= 0.6 is 15.9 Å². The summed E-state index contributed by atoms with van der Waals surface area (Å²) in [6.45, 7) is -0.615. The number of benzene rings is 2. The summed E-state index contributed by atoms with van der Waals surface area (Å²) >= 11 is 2.93. The number of pyridine rings is 1. The standard InChI is InChI=1S/C20H11BrF4N2O5S/c21-12-1-8-3-17(18(12)28)33(30,31)27-15-4-10(13(22)5-14(15)23)11-6-26-16(19(24)25)2-9(11)7-32-20(8)29/h1-6,19,27-28H,7H2. The second-order valence-electron chi connectivity index (χ2n) is 6.87. The number of halogens is 5. The predicted octanol–water partition coefficient (Wildman–Crippen LogP) is 4.90. The minimum atomic E-state index is -4.68. The number of hydrogen-bond acceptors (Lipinski definition) is 6. The third kappa shape index (κ3) is 4.25. The van der Waals surface area contributed by atoms with Crippen molar-refractivity contribution in [3.05, 3.63) is 69.5 Å². The van der Waals surface area contributed by atoms with Gasteiger partial charge < -0.3 is 9.84 Å². The van der Waals surface area contributed by atoms with Crippen molar-refractivity contribution in [2.45, 2.75) is 17.9 Å². The molecule has 0 atom stereocenters. The van der Waals surface area contributed by atoms with E-state index in [0.717, 1.165) is 30.5 Å². The SMILES string of the molecule is O=C1OCc2cc(C(F)F)ncc2-c2cc(c(F)cc2F)NS(=O)(=O)c2cc1cc(Br)c2O. The zero-order valence-corrected chi connectivity index (χ0v) is 18.5. The molecule has 1 aliphatic rings. The van der Waals surface area contributed by atoms with Crippen molar-refractivity contribution in [1.82, 2.24) is 4.98 Å². The van der Waals surface area contributed by atoms with Crippen molar-refractivity contribution in [3.8, 4) is 16.9 Å². The Morgan fingerprint density at radius 1 is 1.09 bits per heavy atom. The number of fused-ring (bicyclic) bond motifs is 6. The third-order valence-electron chi connectivity index (χ3n) is 4.74. The van der Waals surface area contributed by atoms with Gasteiger partial charge in [0, 0.05) is 29.0 Å². The third-order valence-corrected chi connectivity index (χ3v) is 6.72. The molecule has 7 nitrogen and oxygen atoms in total. The van der Waals surface area contributed by atoms with Gasteiger partial charge in [-0.15, -0.1) is 0 Å². The average molecular weight is 547 g/mol. The molecule has 0 saturated heterocycles. The topological polar surface area (TPSA) is 106 Å². The Labute approximate surface area is 192 Å². The molecular formula is C20H11BrF4N2O5S. The molecule has 13 heteroatoms. The number of rotatable bonds is 1. The number of anilines is 1. The fourth-order valence-electron chi connectivity index (χ4n) is 3.15. The normalized spacial score (nSPS) is 14.9. The predicted molar refractivity (Wildman–Crippen MR) is 110 cm³/mol. The number of phenolic OH excluding ortho intramolecular Hbond substituents is 1. The van der Waals surface area contributed by atoms with Crippen LogP contribution < -0.4 is 4.72 Å². The number of alkyl halides is 2. The number of carbonyl (C=O) groups is 1. The van der Waals surface area contributed by atoms with Crippen molar-refractivity contribution in [1.29, 1.82) is 0 Å². The highest BCUT2D eigenvalue weighted by molar-refractivity contribution is 9.10. The summed E-state index contributed by atoms with van der Waals surface area (Å²) in [7, 11) is -4.68. The first kappa shape index (κ1) is 23.0. The van der Waals surface area contributed by atoms with Crippen LogP contribution in [0.25, 0.3) is 11.1 Å². The number of nitrogens with zero attached hydrogens (tertiary/aromatic N) is 1. The Morgan fingerprint density at radius 3 is 2.52 bits per heavy atom. The molecule has 2 N–H and O–H groups in total. The van der Waals surface area contributed by atoms with Crippen LogP contribution in [0.2, 0.25) is 0 Å². The van der Waals surface area contributed by atoms with E-state index < -0.39 is 62.7 Å². The summed E-state index contributed by atoms with van der Waals surface area (Å²) in [5.41, 5.74) is -2.27. The van der Waals surface area contributed by atoms with Crippen LogP contribution in [0.15, 0.2) is 45.9 Å². The molecule has 0 unspecified atom stereocenters. The molecule has 0 fully saturated rings. The molecule has 172 valence electrons. The van der Waals surface area contributed by atoms with Crippen molar-refractivity contribution in [3.63, 3.8) is 0 Å². The van der Waals surface area contributed by atoms with Crippen LogP contribution in [0.5, 0.6) is 5.75 Å². The Kier molecular flexibility index (Phi) is 5.78. The van der Waals surface area contributed by atoms with E-state index in [0.29, 0.717) is 6.07 Å². The summed E-state index contributed by atoms with van der Waals surface area (Å²) in [5, 5.41) is 10.2. The molecule has 33 heavy (non-hydrogen) atoms. The second kappa shape index (κ2) is 8.30. The lowest BCUT2D eigenvalue weighted by atomic mass is 10.00. The van der Waals surface area contributed by atoms with Crippen LogP contribution in [0.3, 0.4) is 0 Å². The molecule has 2 aromatic carbocycles. The number of cyclic esters (lactones) is 1. The largest absolute Gasteiger partial charge is 0.505 e. The number of sulfonamides is 1. The molecule has 1 aromatic heterocycles. The van der Waals surface area contributed by atoms with Gasteiger partial charge in [-0.25, -0.2) is 30.8 Å². The maximum atomic E-state index is 14.6. The van der Waals surface area contributed by atoms with E-state index in [1.54, 1.807) is 0 Å². The Hall–Kier alpha value is -3.19. The fraction of sp³-hybridized carbons (Fsp3) is 0.100. The summed E-state index contributed by atoms with van der Waals surface area (Å²) in [6.07, 6.45) is -2.09. The van der Waals surface area contributed by atoms with E-state index >= 15 is 0 Å². The minimum Gasteiger partial charge on any atom is -0.505 e. The maximum Gasteiger partial charge on any atom is 0.338 e. The van der Waals surface area contributed by atoms with Gasteiger partial charge in [0.15, 0.2) is 0 Å². The maximum absolute atomic E-state index is 14.6. The number of aromatic hydroxyl groups is 1. The lowest BCUT2D eigenvalue weighted by Crippen LogP contribution is -2.15. The van der Waals surface area contributed by atoms with Gasteiger partial charge in [-0.05, 0) is 40.2 Å². The molecule has 4 rings (SSSR count). The first-order chi connectivity index (χ1) is 15.5. The lowest BCUT2D eigenvalue weighted by molar-refractivity contribution is 0.0472. The zero-order valence-electron chi connectivity index (χ0n) is 16.1. The highest BCUT2D eigenvalue weighted by atomic mass is 79.9. The number of carbonyl (C=O) groups excluding carboxylic acids is 1. The molecule has 2 heterocycles. The molecular weight excluding hydrogens is 536 g/mol. The van der Waals surface area contributed by atoms with E-state index in [1.165, 1.54) is 0 Å². The monoisotopic (exact) mass is 546 g/mol. The molecule has 4 bridgehead atoms. The van der Waals surface area contributed by atoms with E-state index in [9.17, 15) is 35.9 Å². The van der Waals surface area contributed by atoms with Crippen molar-refractivity contribution < 1.29 is 40.6 Å². The average Bonchev–Trinajstić information content (AvgIpc) is 2.75. The summed E-state index contributed by atoms with van der Waals surface area (Å²) < 4.78 is 88.0. The molecule has 1 aliphatic heterocycles. The second-order valence-corrected chi connectivity index (χ2v) is 9.37. The highest BCUT2D eigenvalue weighted by Gasteiger charge is 2.27. The highest BCUT2D eigenvalue weighted by Crippen LogP contribution is 2.37. The smallest absolute Gasteiger partial charge is 0.338 e. The summed E-state index contributed by atoms with van der Waals surface area (Å²) in [4.78, 5) is 15.3. The molecule has 0 saturated carbocycles. The molecule has 0 radical (unpaired) electrons. The van der Waals surface area contributed by atoms with Crippen LogP contribution in [0.1, 0.15) is 28.0 Å². The van der Waals surface area contributed by atoms with Gasteiger partial charge in [0.05, 0.1) is 15.7 Å². The first-order valence-electron chi connectivity index (χ1n) is 8.96. The molecule has 0 aliphatic carbocycles. The van der Waals surface area contributed by atoms with Gasteiger partial charge in [0.2, 0.25) is 0 Å². The number of phenols is 1. The van der Waals surface area contributed by atoms with Gasteiger partial charge in [-0.2, -0.15) is 0 Å². The van der Waals surface area contributed by atoms with Gasteiger partial charge in [0.25, 0.3) is 16.4 Å². The van der Waals surface area contributed by atoms with E-state index in [4.69, 9.17) is 4.74 Å². The number of nitrogens with one attached hydrogen (secondary N) is 1. The number of aromatic nitrogens is 1. The first-order valence-corrected chi connectivity index (χ1v) is 11.2. The fourth-order valence-corrected chi connectivity index (χ4v) is 4.95. The Balaban J connectivity index is 2.01. The van der Waals surface area contributed by atoms with E-state index in [-0.39, 0.29) is 26.7 Å². The quantitative estimate of drug-likeness (QED) is 0.332. The van der Waals surface area contributed by atoms with Crippen molar-refractivity contribution in [2.75, 3.05) is 4.72 Å². The van der Waals surface area contributed by atoms with Crippen LogP contribution in [0.4, 0.5) is 23.2 Å². The molecule has 3 aromatic rings. The van der Waals surface area contributed by atoms with Crippen LogP contribution in [-0.4, -0.2) is 24.5 Å². The minimum absolute atomic E-state index is 0.0784. The summed E-state index contributed by atoms with van der Waals surface area (Å²) in [5.74, 6) is -4.26. The van der Waals surface area contributed by atoms with Gasteiger partial charge in [-0.3, -0.25) is 9.71 Å². The van der Waals surface area contributed by atoms with Crippen molar-refractivity contribution in [2.24, 2.45) is 0 Å². The van der Waals surface area contributed by atoms with Crippen LogP contribution in [0, 0.1) is 11.6 Å². The number of hydrogen-bond donors (Lipinski definition) is 2. The van der Waals surface area contributed by atoms with Crippen molar-refractivity contribution >= 4 is 37.6 Å². The summed E-state index contributed by atoms with van der Waals surface area (Å²) in [6, 6.07) is 3.98.